The fourth-order valence-corrected chi connectivity index (χ4v) is 2.79. The topological polar surface area (TPSA) is 91.2 Å². The van der Waals surface area contributed by atoms with Gasteiger partial charge in [0.2, 0.25) is 5.91 Å². The van der Waals surface area contributed by atoms with Crippen molar-refractivity contribution in [2.75, 3.05) is 19.5 Å². The minimum Gasteiger partial charge on any atom is -0.493 e. The van der Waals surface area contributed by atoms with E-state index < -0.39 is 6.04 Å². The lowest BCUT2D eigenvalue weighted by Gasteiger charge is -2.18. The van der Waals surface area contributed by atoms with Crippen molar-refractivity contribution in [3.8, 4) is 11.5 Å². The van der Waals surface area contributed by atoms with Crippen LogP contribution in [0.2, 0.25) is 0 Å². The number of aromatic nitrogens is 4. The predicted molar refractivity (Wildman–Crippen MR) is 99.9 cm³/mol. The Morgan fingerprint density at radius 1 is 1.15 bits per heavy atom. The van der Waals surface area contributed by atoms with E-state index in [9.17, 15) is 4.79 Å². The molecule has 0 aliphatic heterocycles. The minimum absolute atomic E-state index is 0.221. The van der Waals surface area contributed by atoms with Gasteiger partial charge in [0, 0.05) is 18.2 Å². The Balaban J connectivity index is 1.87. The number of benzene rings is 2. The first kappa shape index (κ1) is 18.4. The van der Waals surface area contributed by atoms with Crippen molar-refractivity contribution in [3.63, 3.8) is 0 Å². The van der Waals surface area contributed by atoms with Gasteiger partial charge in [0.15, 0.2) is 11.5 Å². The van der Waals surface area contributed by atoms with E-state index in [-0.39, 0.29) is 5.91 Å². The molecule has 1 aromatic heterocycles. The molecule has 1 heterocycles. The number of carbonyl (C=O) groups is 1. The van der Waals surface area contributed by atoms with Gasteiger partial charge in [0.05, 0.1) is 14.2 Å². The molecule has 140 valence electrons. The molecule has 3 rings (SSSR count). The van der Waals surface area contributed by atoms with Crippen molar-refractivity contribution in [1.82, 2.24) is 20.2 Å². The van der Waals surface area contributed by atoms with Gasteiger partial charge in [-0.3, -0.25) is 4.79 Å². The van der Waals surface area contributed by atoms with Gasteiger partial charge in [0.25, 0.3) is 0 Å². The van der Waals surface area contributed by atoms with Crippen molar-refractivity contribution in [1.29, 1.82) is 0 Å². The molecule has 1 amide bonds. The largest absolute Gasteiger partial charge is 0.493 e. The normalized spacial score (nSPS) is 11.7. The molecule has 1 atom stereocenters. The van der Waals surface area contributed by atoms with Crippen LogP contribution in [-0.2, 0) is 11.2 Å². The van der Waals surface area contributed by atoms with Crippen molar-refractivity contribution >= 4 is 11.6 Å². The summed E-state index contributed by atoms with van der Waals surface area (Å²) in [6.45, 7) is 1.89. The van der Waals surface area contributed by atoms with Gasteiger partial charge >= 0.3 is 0 Å². The van der Waals surface area contributed by atoms with E-state index in [4.69, 9.17) is 9.47 Å². The summed E-state index contributed by atoms with van der Waals surface area (Å²) >= 11 is 0. The molecule has 0 spiro atoms. The maximum absolute atomic E-state index is 13.0. The summed E-state index contributed by atoms with van der Waals surface area (Å²) < 4.78 is 12.1. The van der Waals surface area contributed by atoms with E-state index in [0.717, 1.165) is 11.1 Å². The predicted octanol–water partition coefficient (Wildman–Crippen LogP) is 2.42. The molecule has 0 aliphatic carbocycles. The molecular weight excluding hydrogens is 346 g/mol. The number of amides is 1. The Kier molecular flexibility index (Phi) is 5.65. The number of aryl methyl sites for hydroxylation is 1. The van der Waals surface area contributed by atoms with Crippen molar-refractivity contribution in [2.45, 2.75) is 19.4 Å². The summed E-state index contributed by atoms with van der Waals surface area (Å²) in [6, 6.07) is 12.7. The number of methoxy groups -OCH3 is 2. The number of nitrogens with zero attached hydrogens (tertiary/aromatic N) is 4. The molecule has 1 N–H and O–H groups in total. The molecule has 0 saturated carbocycles. The van der Waals surface area contributed by atoms with Crippen LogP contribution in [0.25, 0.3) is 0 Å². The first-order chi connectivity index (χ1) is 13.1. The molecule has 8 heteroatoms. The van der Waals surface area contributed by atoms with E-state index in [1.165, 1.54) is 11.0 Å². The molecule has 0 saturated heterocycles. The number of nitrogens with one attached hydrogen (secondary N) is 1. The third-order valence-electron chi connectivity index (χ3n) is 4.25. The second-order valence-corrected chi connectivity index (χ2v) is 6.01. The Bertz CT molecular complexity index is 897. The van der Waals surface area contributed by atoms with Gasteiger partial charge in [-0.2, -0.15) is 0 Å². The Morgan fingerprint density at radius 3 is 2.48 bits per heavy atom. The van der Waals surface area contributed by atoms with Gasteiger partial charge < -0.3 is 14.8 Å². The summed E-state index contributed by atoms with van der Waals surface area (Å²) in [4.78, 5) is 13.0. The smallest absolute Gasteiger partial charge is 0.249 e. The molecule has 3 aromatic rings. The van der Waals surface area contributed by atoms with E-state index in [0.29, 0.717) is 23.6 Å². The van der Waals surface area contributed by atoms with Gasteiger partial charge in [-0.1, -0.05) is 30.3 Å². The molecule has 0 aliphatic rings. The summed E-state index contributed by atoms with van der Waals surface area (Å²) in [7, 11) is 3.13. The van der Waals surface area contributed by atoms with E-state index in [1.54, 1.807) is 20.3 Å². The van der Waals surface area contributed by atoms with Crippen LogP contribution >= 0.6 is 0 Å². The van der Waals surface area contributed by atoms with Crippen molar-refractivity contribution in [2.24, 2.45) is 0 Å². The zero-order chi connectivity index (χ0) is 19.2. The van der Waals surface area contributed by atoms with E-state index in [2.05, 4.69) is 20.8 Å². The Hall–Kier alpha value is -3.42. The Labute approximate surface area is 157 Å². The SMILES string of the molecule is COc1cc(C)c(NC(=O)[C@H](Cc2ccccc2)n2cnnn2)cc1OC. The second-order valence-electron chi connectivity index (χ2n) is 6.01. The average Bonchev–Trinajstić information content (AvgIpc) is 3.22. The van der Waals surface area contributed by atoms with Gasteiger partial charge in [0.1, 0.15) is 12.4 Å². The van der Waals surface area contributed by atoms with Crippen LogP contribution in [-0.4, -0.2) is 40.3 Å². The highest BCUT2D eigenvalue weighted by molar-refractivity contribution is 5.95. The molecule has 0 bridgehead atoms. The molecule has 0 radical (unpaired) electrons. The van der Waals surface area contributed by atoms with Crippen LogP contribution < -0.4 is 14.8 Å². The molecule has 2 aromatic carbocycles. The van der Waals surface area contributed by atoms with Gasteiger partial charge in [-0.05, 0) is 34.5 Å². The van der Waals surface area contributed by atoms with Crippen LogP contribution in [0.5, 0.6) is 11.5 Å². The van der Waals surface area contributed by atoms with Crippen LogP contribution in [0, 0.1) is 6.92 Å². The van der Waals surface area contributed by atoms with Crippen LogP contribution in [0.3, 0.4) is 0 Å². The van der Waals surface area contributed by atoms with E-state index in [1.807, 2.05) is 43.3 Å². The zero-order valence-corrected chi connectivity index (χ0v) is 15.4. The minimum atomic E-state index is -0.588. The molecule has 0 fully saturated rings. The number of hydrogen-bond donors (Lipinski definition) is 1. The lowest BCUT2D eigenvalue weighted by Crippen LogP contribution is -2.28. The highest BCUT2D eigenvalue weighted by Gasteiger charge is 2.23. The average molecular weight is 367 g/mol. The highest BCUT2D eigenvalue weighted by atomic mass is 16.5. The number of carbonyl (C=O) groups excluding carboxylic acids is 1. The van der Waals surface area contributed by atoms with Gasteiger partial charge in [-0.15, -0.1) is 5.10 Å². The lowest BCUT2D eigenvalue weighted by atomic mass is 10.0. The molecular formula is C19H21N5O3. The summed E-state index contributed by atoms with van der Waals surface area (Å²) in [5.41, 5.74) is 2.51. The summed E-state index contributed by atoms with van der Waals surface area (Å²) in [5, 5.41) is 14.2. The monoisotopic (exact) mass is 367 g/mol. The number of hydrogen-bond acceptors (Lipinski definition) is 6. The first-order valence-corrected chi connectivity index (χ1v) is 8.42. The third kappa shape index (κ3) is 4.22. The summed E-state index contributed by atoms with van der Waals surface area (Å²) in [5.74, 6) is 0.927. The summed E-state index contributed by atoms with van der Waals surface area (Å²) in [6.07, 6.45) is 1.90. The fraction of sp³-hybridized carbons (Fsp3) is 0.263. The standard InChI is InChI=1S/C19H21N5O3/c1-13-9-17(26-2)18(27-3)11-15(13)21-19(25)16(24-12-20-22-23-24)10-14-7-5-4-6-8-14/h4-9,11-12,16H,10H2,1-3H3,(H,21,25)/t16-/m0/s1. The highest BCUT2D eigenvalue weighted by Crippen LogP contribution is 2.33. The maximum Gasteiger partial charge on any atom is 0.249 e. The van der Waals surface area contributed by atoms with Crippen LogP contribution in [0.1, 0.15) is 17.2 Å². The fourth-order valence-electron chi connectivity index (χ4n) is 2.79. The zero-order valence-electron chi connectivity index (χ0n) is 15.4. The maximum atomic E-state index is 13.0. The van der Waals surface area contributed by atoms with Crippen LogP contribution in [0.4, 0.5) is 5.69 Å². The first-order valence-electron chi connectivity index (χ1n) is 8.42. The molecule has 0 unspecified atom stereocenters. The number of tetrazole rings is 1. The van der Waals surface area contributed by atoms with E-state index >= 15 is 0 Å². The number of rotatable bonds is 7. The lowest BCUT2D eigenvalue weighted by molar-refractivity contribution is -0.119. The number of ether oxygens (including phenoxy) is 2. The quantitative estimate of drug-likeness (QED) is 0.690. The van der Waals surface area contributed by atoms with Crippen molar-refractivity contribution in [3.05, 3.63) is 59.9 Å². The Morgan fingerprint density at radius 2 is 1.85 bits per heavy atom. The van der Waals surface area contributed by atoms with Crippen molar-refractivity contribution < 1.29 is 14.3 Å². The van der Waals surface area contributed by atoms with Gasteiger partial charge in [-0.25, -0.2) is 4.68 Å². The number of anilines is 1. The third-order valence-corrected chi connectivity index (χ3v) is 4.25. The van der Waals surface area contributed by atoms with Crippen LogP contribution in [0.15, 0.2) is 48.8 Å². The molecule has 27 heavy (non-hydrogen) atoms. The molecule has 8 nitrogen and oxygen atoms in total. The second kappa shape index (κ2) is 8.31.